The first kappa shape index (κ1) is 21.5. The lowest BCUT2D eigenvalue weighted by molar-refractivity contribution is -0.115. The van der Waals surface area contributed by atoms with E-state index in [1.165, 1.54) is 22.0 Å². The van der Waals surface area contributed by atoms with Crippen LogP contribution in [0.3, 0.4) is 0 Å². The molecule has 1 N–H and O–H groups in total. The number of carbonyl (C=O) groups is 1. The van der Waals surface area contributed by atoms with Crippen molar-refractivity contribution in [1.29, 1.82) is 0 Å². The summed E-state index contributed by atoms with van der Waals surface area (Å²) in [5.41, 5.74) is 1.85. The van der Waals surface area contributed by atoms with Gasteiger partial charge in [0.25, 0.3) is 0 Å². The molecule has 146 valence electrons. The van der Waals surface area contributed by atoms with Gasteiger partial charge in [-0.25, -0.2) is 8.42 Å². The van der Waals surface area contributed by atoms with Crippen molar-refractivity contribution in [3.63, 3.8) is 0 Å². The zero-order chi connectivity index (χ0) is 19.7. The van der Waals surface area contributed by atoms with Crippen molar-refractivity contribution in [3.8, 4) is 0 Å². The normalized spacial score (nSPS) is 11.5. The van der Waals surface area contributed by atoms with E-state index in [2.05, 4.69) is 17.4 Å². The quantitative estimate of drug-likeness (QED) is 0.606. The molecular weight excluding hydrogens is 380 g/mol. The molecule has 5 nitrogen and oxygen atoms in total. The van der Waals surface area contributed by atoms with Crippen LogP contribution >= 0.6 is 11.8 Å². The highest BCUT2D eigenvalue weighted by Crippen LogP contribution is 2.19. The first-order chi connectivity index (χ1) is 13.0. The molecule has 0 heterocycles. The molecule has 0 unspecified atom stereocenters. The smallest absolute Gasteiger partial charge is 0.243 e. The fourth-order valence-corrected chi connectivity index (χ4v) is 4.94. The van der Waals surface area contributed by atoms with Crippen LogP contribution in [-0.4, -0.2) is 37.5 Å². The molecule has 0 atom stereocenters. The third kappa shape index (κ3) is 6.37. The highest BCUT2D eigenvalue weighted by Gasteiger charge is 2.21. The van der Waals surface area contributed by atoms with Gasteiger partial charge in [0.15, 0.2) is 0 Å². The standard InChI is InChI=1S/C20H26N2O3S2/c1-3-22(4-2)27(24,25)19-12-10-18(11-13-19)21-20(23)14-15-26-16-17-8-6-5-7-9-17/h5-13H,3-4,14-16H2,1-2H3,(H,21,23). The van der Waals surface area contributed by atoms with Crippen molar-refractivity contribution in [1.82, 2.24) is 4.31 Å². The topological polar surface area (TPSA) is 66.5 Å². The Kier molecular flexibility index (Phi) is 8.34. The van der Waals surface area contributed by atoms with Crippen molar-refractivity contribution >= 4 is 33.4 Å². The number of anilines is 1. The molecule has 1 amide bonds. The predicted molar refractivity (Wildman–Crippen MR) is 112 cm³/mol. The van der Waals surface area contributed by atoms with Gasteiger partial charge in [-0.2, -0.15) is 16.1 Å². The zero-order valence-electron chi connectivity index (χ0n) is 15.7. The van der Waals surface area contributed by atoms with Crippen molar-refractivity contribution in [2.45, 2.75) is 30.9 Å². The second-order valence-corrected chi connectivity index (χ2v) is 8.99. The van der Waals surface area contributed by atoms with Crippen molar-refractivity contribution in [2.24, 2.45) is 0 Å². The average Bonchev–Trinajstić information content (AvgIpc) is 2.67. The van der Waals surface area contributed by atoms with E-state index in [1.807, 2.05) is 32.0 Å². The van der Waals surface area contributed by atoms with E-state index in [0.29, 0.717) is 25.2 Å². The number of rotatable bonds is 10. The summed E-state index contributed by atoms with van der Waals surface area (Å²) in [6, 6.07) is 16.5. The molecule has 0 radical (unpaired) electrons. The molecule has 0 saturated carbocycles. The number of nitrogens with zero attached hydrogens (tertiary/aromatic N) is 1. The molecule has 0 aromatic heterocycles. The summed E-state index contributed by atoms with van der Waals surface area (Å²) in [4.78, 5) is 12.3. The average molecular weight is 407 g/mol. The van der Waals surface area contributed by atoms with Crippen LogP contribution in [0.25, 0.3) is 0 Å². The van der Waals surface area contributed by atoms with Crippen LogP contribution in [0.15, 0.2) is 59.5 Å². The van der Waals surface area contributed by atoms with E-state index >= 15 is 0 Å². The van der Waals surface area contributed by atoms with Crippen LogP contribution in [0.4, 0.5) is 5.69 Å². The lowest BCUT2D eigenvalue weighted by Gasteiger charge is -2.18. The van der Waals surface area contributed by atoms with Gasteiger partial charge in [0.1, 0.15) is 0 Å². The van der Waals surface area contributed by atoms with E-state index in [-0.39, 0.29) is 10.8 Å². The summed E-state index contributed by atoms with van der Waals surface area (Å²) < 4.78 is 26.3. The lowest BCUT2D eigenvalue weighted by Crippen LogP contribution is -2.30. The maximum absolute atomic E-state index is 12.5. The van der Waals surface area contributed by atoms with Gasteiger partial charge < -0.3 is 5.32 Å². The van der Waals surface area contributed by atoms with Crippen LogP contribution in [0, 0.1) is 0 Å². The summed E-state index contributed by atoms with van der Waals surface area (Å²) in [5.74, 6) is 1.54. The first-order valence-corrected chi connectivity index (χ1v) is 11.6. The lowest BCUT2D eigenvalue weighted by atomic mass is 10.2. The van der Waals surface area contributed by atoms with Gasteiger partial charge in [-0.1, -0.05) is 44.2 Å². The van der Waals surface area contributed by atoms with Crippen LogP contribution in [0.2, 0.25) is 0 Å². The Morgan fingerprint density at radius 3 is 2.22 bits per heavy atom. The van der Waals surface area contributed by atoms with Crippen LogP contribution in [0.5, 0.6) is 0 Å². The molecule has 2 aromatic rings. The number of thioether (sulfide) groups is 1. The van der Waals surface area contributed by atoms with E-state index in [4.69, 9.17) is 0 Å². The van der Waals surface area contributed by atoms with E-state index in [9.17, 15) is 13.2 Å². The summed E-state index contributed by atoms with van der Waals surface area (Å²) in [5, 5.41) is 2.82. The number of hydrogen-bond donors (Lipinski definition) is 1. The number of benzene rings is 2. The van der Waals surface area contributed by atoms with Gasteiger partial charge in [-0.15, -0.1) is 0 Å². The summed E-state index contributed by atoms with van der Waals surface area (Å²) in [6.07, 6.45) is 0.414. The van der Waals surface area contributed by atoms with Crippen molar-refractivity contribution < 1.29 is 13.2 Å². The third-order valence-electron chi connectivity index (χ3n) is 4.07. The Morgan fingerprint density at radius 1 is 1.00 bits per heavy atom. The molecule has 0 fully saturated rings. The Balaban J connectivity index is 1.82. The summed E-state index contributed by atoms with van der Waals surface area (Å²) in [6.45, 7) is 4.48. The van der Waals surface area contributed by atoms with Crippen LogP contribution < -0.4 is 5.32 Å². The van der Waals surface area contributed by atoms with Gasteiger partial charge in [0.05, 0.1) is 4.90 Å². The molecule has 0 saturated heterocycles. The molecule has 0 bridgehead atoms. The van der Waals surface area contributed by atoms with Gasteiger partial charge in [-0.05, 0) is 29.8 Å². The van der Waals surface area contributed by atoms with Gasteiger partial charge in [-0.3, -0.25) is 4.79 Å². The molecular formula is C20H26N2O3S2. The molecule has 0 aliphatic carbocycles. The Hall–Kier alpha value is -1.83. The highest BCUT2D eigenvalue weighted by molar-refractivity contribution is 7.98. The zero-order valence-corrected chi connectivity index (χ0v) is 17.4. The van der Waals surface area contributed by atoms with E-state index in [0.717, 1.165) is 11.5 Å². The SMILES string of the molecule is CCN(CC)S(=O)(=O)c1ccc(NC(=O)CCSCc2ccccc2)cc1. The fraction of sp³-hybridized carbons (Fsp3) is 0.350. The molecule has 7 heteroatoms. The van der Waals surface area contributed by atoms with Gasteiger partial charge in [0.2, 0.25) is 15.9 Å². The maximum atomic E-state index is 12.5. The minimum absolute atomic E-state index is 0.0742. The van der Waals surface area contributed by atoms with Crippen LogP contribution in [0.1, 0.15) is 25.8 Å². The maximum Gasteiger partial charge on any atom is 0.243 e. The van der Waals surface area contributed by atoms with Gasteiger partial charge >= 0.3 is 0 Å². The molecule has 2 aromatic carbocycles. The first-order valence-electron chi connectivity index (χ1n) is 8.99. The second-order valence-electron chi connectivity index (χ2n) is 5.95. The minimum Gasteiger partial charge on any atom is -0.326 e. The number of hydrogen-bond acceptors (Lipinski definition) is 4. The van der Waals surface area contributed by atoms with Crippen molar-refractivity contribution in [2.75, 3.05) is 24.2 Å². The Labute approximate surface area is 166 Å². The predicted octanol–water partition coefficient (Wildman–Crippen LogP) is 3.98. The number of nitrogens with one attached hydrogen (secondary N) is 1. The monoisotopic (exact) mass is 406 g/mol. The number of sulfonamides is 1. The minimum atomic E-state index is -3.47. The van der Waals surface area contributed by atoms with Crippen molar-refractivity contribution in [3.05, 3.63) is 60.2 Å². The van der Waals surface area contributed by atoms with E-state index < -0.39 is 10.0 Å². The molecule has 0 aliphatic heterocycles. The second kappa shape index (κ2) is 10.5. The fourth-order valence-electron chi connectivity index (χ4n) is 2.58. The summed E-state index contributed by atoms with van der Waals surface area (Å²) in [7, 11) is -3.47. The number of amides is 1. The summed E-state index contributed by atoms with van der Waals surface area (Å²) >= 11 is 1.71. The Bertz CT molecular complexity index is 818. The molecule has 0 aliphatic rings. The van der Waals surface area contributed by atoms with Gasteiger partial charge in [0, 0.05) is 36.7 Å². The molecule has 27 heavy (non-hydrogen) atoms. The number of carbonyl (C=O) groups excluding carboxylic acids is 1. The largest absolute Gasteiger partial charge is 0.326 e. The van der Waals surface area contributed by atoms with E-state index in [1.54, 1.807) is 23.9 Å². The van der Waals surface area contributed by atoms with Crippen LogP contribution in [-0.2, 0) is 20.6 Å². The Morgan fingerprint density at radius 2 is 1.63 bits per heavy atom. The third-order valence-corrected chi connectivity index (χ3v) is 7.16. The highest BCUT2D eigenvalue weighted by atomic mass is 32.2. The molecule has 2 rings (SSSR count). The molecule has 0 spiro atoms.